The minimum atomic E-state index is -0.327. The van der Waals surface area contributed by atoms with Gasteiger partial charge in [0.25, 0.3) is 5.69 Å². The highest BCUT2D eigenvalue weighted by atomic mass is 79.9. The van der Waals surface area contributed by atoms with E-state index in [2.05, 4.69) is 24.6 Å². The maximum Gasteiger partial charge on any atom is 0.276 e. The van der Waals surface area contributed by atoms with Gasteiger partial charge in [-0.15, -0.1) is 0 Å². The first-order valence-corrected chi connectivity index (χ1v) is 8.10. The van der Waals surface area contributed by atoms with Crippen LogP contribution in [0.4, 0.5) is 5.69 Å². The van der Waals surface area contributed by atoms with Gasteiger partial charge in [0.2, 0.25) is 0 Å². The molecular weight excluding hydrogens is 356 g/mol. The second kappa shape index (κ2) is 8.96. The molecule has 1 aliphatic rings. The fraction of sp³-hybridized carbons (Fsp3) is 0.500. The van der Waals surface area contributed by atoms with Gasteiger partial charge in [-0.3, -0.25) is 10.1 Å². The topological polar surface area (TPSA) is 46.1 Å². The van der Waals surface area contributed by atoms with Crippen LogP contribution in [0.25, 0.3) is 6.08 Å². The molecule has 0 fully saturated rings. The van der Waals surface area contributed by atoms with Gasteiger partial charge in [0.15, 0.2) is 6.54 Å². The Labute approximate surface area is 148 Å². The fourth-order valence-electron chi connectivity index (χ4n) is 3.19. The standard InChI is InChI=1S/C18H25N2O2.BrH/c1-3-18(4-2)12-8-14-19(15-18)13-7-10-16-9-5-6-11-17(16)20(21)22;/h5-7,9-11,15H,3-4,8,12-14H2,1-2H3;1H/q+1;/p-1/b10-7+;. The maximum atomic E-state index is 11.0. The van der Waals surface area contributed by atoms with Crippen LogP contribution in [0.5, 0.6) is 0 Å². The maximum absolute atomic E-state index is 11.0. The molecule has 1 aromatic carbocycles. The molecule has 4 nitrogen and oxygen atoms in total. The van der Waals surface area contributed by atoms with Gasteiger partial charge in [-0.25, -0.2) is 4.58 Å². The van der Waals surface area contributed by atoms with Crippen LogP contribution in [0, 0.1) is 15.5 Å². The van der Waals surface area contributed by atoms with Crippen LogP contribution in [0.3, 0.4) is 0 Å². The molecule has 0 amide bonds. The molecule has 0 atom stereocenters. The number of nitro benzene ring substituents is 1. The predicted molar refractivity (Wildman–Crippen MR) is 90.4 cm³/mol. The predicted octanol–water partition coefficient (Wildman–Crippen LogP) is 1.30. The Hall–Kier alpha value is -1.49. The highest BCUT2D eigenvalue weighted by Crippen LogP contribution is 2.32. The number of hydrogen-bond acceptors (Lipinski definition) is 2. The molecule has 0 saturated heterocycles. The second-order valence-electron chi connectivity index (χ2n) is 6.02. The molecule has 1 aromatic rings. The average molecular weight is 381 g/mol. The second-order valence-corrected chi connectivity index (χ2v) is 6.02. The molecule has 0 spiro atoms. The molecule has 2 rings (SSSR count). The van der Waals surface area contributed by atoms with Crippen molar-refractivity contribution in [2.24, 2.45) is 5.41 Å². The lowest BCUT2D eigenvalue weighted by Gasteiger charge is -2.28. The van der Waals surface area contributed by atoms with Crippen LogP contribution in [0.1, 0.15) is 45.1 Å². The SMILES string of the molecule is CCC1(CC)C=[N+](C/C=C/c2ccccc2[N+](=O)[O-])CCC1.[Br-]. The molecule has 0 saturated carbocycles. The van der Waals surface area contributed by atoms with Crippen molar-refractivity contribution < 1.29 is 26.5 Å². The summed E-state index contributed by atoms with van der Waals surface area (Å²) in [6, 6.07) is 6.87. The lowest BCUT2D eigenvalue weighted by molar-refractivity contribution is -0.522. The van der Waals surface area contributed by atoms with Gasteiger partial charge in [0.1, 0.15) is 12.8 Å². The van der Waals surface area contributed by atoms with Gasteiger partial charge in [-0.1, -0.05) is 26.0 Å². The summed E-state index contributed by atoms with van der Waals surface area (Å²) < 4.78 is 2.35. The third-order valence-electron chi connectivity index (χ3n) is 4.76. The van der Waals surface area contributed by atoms with E-state index in [1.54, 1.807) is 18.2 Å². The minimum absolute atomic E-state index is 0. The number of rotatable bonds is 6. The fourth-order valence-corrected chi connectivity index (χ4v) is 3.19. The van der Waals surface area contributed by atoms with E-state index < -0.39 is 0 Å². The quantitative estimate of drug-likeness (QED) is 0.424. The molecule has 1 aliphatic heterocycles. The first-order chi connectivity index (χ1) is 10.6. The number of nitrogens with zero attached hydrogens (tertiary/aromatic N) is 2. The first kappa shape index (κ1) is 19.6. The molecule has 0 N–H and O–H groups in total. The number of para-hydroxylation sites is 1. The van der Waals surface area contributed by atoms with Crippen LogP contribution in [0.2, 0.25) is 0 Å². The zero-order valence-electron chi connectivity index (χ0n) is 13.9. The number of halogens is 1. The number of hydrogen-bond donors (Lipinski definition) is 0. The van der Waals surface area contributed by atoms with E-state index in [9.17, 15) is 10.1 Å². The van der Waals surface area contributed by atoms with Crippen molar-refractivity contribution >= 4 is 18.0 Å². The van der Waals surface area contributed by atoms with Gasteiger partial charge in [-0.2, -0.15) is 0 Å². The van der Waals surface area contributed by atoms with Gasteiger partial charge in [-0.05, 0) is 37.5 Å². The molecule has 0 unspecified atom stereocenters. The summed E-state index contributed by atoms with van der Waals surface area (Å²) in [6.45, 7) is 6.40. The van der Waals surface area contributed by atoms with Crippen LogP contribution in [-0.4, -0.2) is 28.8 Å². The molecule has 0 radical (unpaired) electrons. The molecule has 0 bridgehead atoms. The lowest BCUT2D eigenvalue weighted by atomic mass is 9.78. The minimum Gasteiger partial charge on any atom is -1.00 e. The van der Waals surface area contributed by atoms with Crippen molar-refractivity contribution in [1.29, 1.82) is 0 Å². The van der Waals surface area contributed by atoms with Gasteiger partial charge in [0, 0.05) is 17.9 Å². The molecule has 23 heavy (non-hydrogen) atoms. The van der Waals surface area contributed by atoms with Gasteiger partial charge in [0.05, 0.1) is 10.5 Å². The summed E-state index contributed by atoms with van der Waals surface area (Å²) in [5.41, 5.74) is 1.17. The summed E-state index contributed by atoms with van der Waals surface area (Å²) in [5, 5.41) is 11.0. The van der Waals surface area contributed by atoms with Crippen molar-refractivity contribution in [2.75, 3.05) is 13.1 Å². The van der Waals surface area contributed by atoms with Gasteiger partial charge < -0.3 is 17.0 Å². The van der Waals surface area contributed by atoms with E-state index in [4.69, 9.17) is 0 Å². The van der Waals surface area contributed by atoms with E-state index in [-0.39, 0.29) is 27.6 Å². The Morgan fingerprint density at radius 2 is 2.00 bits per heavy atom. The Bertz CT molecular complexity index is 592. The monoisotopic (exact) mass is 380 g/mol. The Kier molecular flexibility index (Phi) is 7.62. The lowest BCUT2D eigenvalue weighted by Crippen LogP contribution is -3.00. The number of benzene rings is 1. The average Bonchev–Trinajstić information content (AvgIpc) is 2.55. The zero-order chi connectivity index (χ0) is 16.0. The summed E-state index contributed by atoms with van der Waals surface area (Å²) in [7, 11) is 0. The third kappa shape index (κ3) is 4.99. The molecule has 1 heterocycles. The van der Waals surface area contributed by atoms with E-state index in [1.165, 1.54) is 25.7 Å². The Balaban J connectivity index is 0.00000264. The van der Waals surface area contributed by atoms with Crippen LogP contribution < -0.4 is 17.0 Å². The van der Waals surface area contributed by atoms with Crippen molar-refractivity contribution in [1.82, 2.24) is 0 Å². The third-order valence-corrected chi connectivity index (χ3v) is 4.76. The van der Waals surface area contributed by atoms with Crippen LogP contribution >= 0.6 is 0 Å². The molecule has 0 aromatic heterocycles. The van der Waals surface area contributed by atoms with Gasteiger partial charge >= 0.3 is 0 Å². The molecule has 5 heteroatoms. The van der Waals surface area contributed by atoms with Crippen molar-refractivity contribution in [2.45, 2.75) is 39.5 Å². The van der Waals surface area contributed by atoms with Crippen LogP contribution in [-0.2, 0) is 0 Å². The smallest absolute Gasteiger partial charge is 0.276 e. The summed E-state index contributed by atoms with van der Waals surface area (Å²) in [5.74, 6) is 0. The summed E-state index contributed by atoms with van der Waals surface area (Å²) >= 11 is 0. The van der Waals surface area contributed by atoms with Crippen molar-refractivity contribution in [3.8, 4) is 0 Å². The zero-order valence-corrected chi connectivity index (χ0v) is 15.5. The van der Waals surface area contributed by atoms with Crippen molar-refractivity contribution in [3.05, 3.63) is 46.0 Å². The van der Waals surface area contributed by atoms with Crippen LogP contribution in [0.15, 0.2) is 30.3 Å². The van der Waals surface area contributed by atoms with E-state index in [0.29, 0.717) is 11.0 Å². The number of nitro groups is 1. The highest BCUT2D eigenvalue weighted by Gasteiger charge is 2.31. The van der Waals surface area contributed by atoms with Crippen molar-refractivity contribution in [3.63, 3.8) is 0 Å². The first-order valence-electron chi connectivity index (χ1n) is 8.10. The highest BCUT2D eigenvalue weighted by molar-refractivity contribution is 5.62. The summed E-state index contributed by atoms with van der Waals surface area (Å²) in [4.78, 5) is 10.7. The van der Waals surface area contributed by atoms with E-state index in [0.717, 1.165) is 13.1 Å². The summed E-state index contributed by atoms with van der Waals surface area (Å²) in [6.07, 6.45) is 11.1. The largest absolute Gasteiger partial charge is 1.00 e. The normalized spacial score (nSPS) is 16.7. The Morgan fingerprint density at radius 3 is 2.65 bits per heavy atom. The molecule has 126 valence electrons. The van der Waals surface area contributed by atoms with E-state index >= 15 is 0 Å². The molecular formula is C18H25BrN2O2. The van der Waals surface area contributed by atoms with E-state index in [1.807, 2.05) is 18.2 Å². The molecule has 0 aliphatic carbocycles. The Morgan fingerprint density at radius 1 is 1.30 bits per heavy atom.